The Bertz CT molecular complexity index is 1200. The minimum Gasteiger partial charge on any atom is -0.0620 e. The normalized spacial score (nSPS) is 10.3. The summed E-state index contributed by atoms with van der Waals surface area (Å²) in [4.78, 5) is 0. The predicted molar refractivity (Wildman–Crippen MR) is 185 cm³/mol. The Morgan fingerprint density at radius 1 is 0.268 bits per heavy atom. The van der Waals surface area contributed by atoms with E-state index in [9.17, 15) is 0 Å². The molecule has 0 saturated heterocycles. The van der Waals surface area contributed by atoms with E-state index in [1.54, 1.807) is 0 Å². The molecule has 0 nitrogen and oxygen atoms in total. The first-order valence-corrected chi connectivity index (χ1v) is 20.4. The van der Waals surface area contributed by atoms with Gasteiger partial charge in [-0.3, -0.25) is 0 Å². The van der Waals surface area contributed by atoms with Crippen molar-refractivity contribution in [1.29, 1.82) is 0 Å². The van der Waals surface area contributed by atoms with Gasteiger partial charge in [0.15, 0.2) is 0 Å². The van der Waals surface area contributed by atoms with Crippen LogP contribution in [-0.4, -0.2) is 0 Å². The third-order valence-corrected chi connectivity index (χ3v) is 11.8. The summed E-state index contributed by atoms with van der Waals surface area (Å²) in [7, 11) is 7.91. The molecule has 5 heteroatoms. The van der Waals surface area contributed by atoms with E-state index in [1.807, 2.05) is 0 Å². The quantitative estimate of drug-likeness (QED) is 0.123. The second kappa shape index (κ2) is 18.0. The molecule has 0 saturated carbocycles. The molecule has 41 heavy (non-hydrogen) atoms. The summed E-state index contributed by atoms with van der Waals surface area (Å²) < 4.78 is 0. The van der Waals surface area contributed by atoms with Crippen molar-refractivity contribution in [1.82, 2.24) is 0 Å². The van der Waals surface area contributed by atoms with Gasteiger partial charge in [0, 0.05) is 0 Å². The van der Waals surface area contributed by atoms with Crippen molar-refractivity contribution in [2.24, 2.45) is 0 Å². The molecular weight excluding hydrogens is 668 g/mol. The molecule has 0 N–H and O–H groups in total. The largest absolute Gasteiger partial charge is 0.102 e. The topological polar surface area (TPSA) is 0 Å². The predicted octanol–water partition coefficient (Wildman–Crippen LogP) is 7.73. The average molecular weight is 700 g/mol. The van der Waals surface area contributed by atoms with Gasteiger partial charge >= 0.3 is 34.5 Å². The summed E-state index contributed by atoms with van der Waals surface area (Å²) in [5.41, 5.74) is 0. The fourth-order valence-electron chi connectivity index (χ4n) is 4.63. The summed E-state index contributed by atoms with van der Waals surface area (Å²) >= 11 is -0.226. The molecule has 6 rings (SSSR count). The fraction of sp³-hybridized carbons (Fsp3) is 0. The molecule has 0 radical (unpaired) electrons. The van der Waals surface area contributed by atoms with E-state index in [-0.39, 0.29) is 15.1 Å². The summed E-state index contributed by atoms with van der Waals surface area (Å²) in [6.45, 7) is 0. The molecule has 0 aromatic heterocycles. The standard InChI is InChI=1S/2C18H15P.2ClH.Rh/c2*1-4-10-16(11-5-1)19(17-12-6-2-7-13-17)18-14-8-3-9-15-18;;;/h2*1-15H;2*1H;/q;;;;+2. The summed E-state index contributed by atoms with van der Waals surface area (Å²) in [5, 5.41) is 8.61. The smallest absolute Gasteiger partial charge is 0.0620 e. The van der Waals surface area contributed by atoms with Crippen LogP contribution in [0.25, 0.3) is 0 Å². The summed E-state index contributed by atoms with van der Waals surface area (Å²) in [6, 6.07) is 65.0. The van der Waals surface area contributed by atoms with Crippen LogP contribution in [0.4, 0.5) is 0 Å². The fourth-order valence-corrected chi connectivity index (χ4v) is 9.78. The van der Waals surface area contributed by atoms with Crippen molar-refractivity contribution in [2.75, 3.05) is 0 Å². The molecule has 0 heterocycles. The maximum atomic E-state index is 4.83. The van der Waals surface area contributed by atoms with Crippen LogP contribution >= 0.6 is 35.2 Å². The average Bonchev–Trinajstić information content (AvgIpc) is 3.05. The molecule has 0 aliphatic carbocycles. The number of hydrogen-bond acceptors (Lipinski definition) is 0. The summed E-state index contributed by atoms with van der Waals surface area (Å²) in [6.07, 6.45) is 0. The second-order valence-corrected chi connectivity index (χ2v) is 16.4. The van der Waals surface area contributed by atoms with Gasteiger partial charge in [-0.15, -0.1) is 0 Å². The maximum Gasteiger partial charge on any atom is 0.102 e. The first-order valence-electron chi connectivity index (χ1n) is 13.2. The van der Waals surface area contributed by atoms with E-state index in [4.69, 9.17) is 19.4 Å². The van der Waals surface area contributed by atoms with Gasteiger partial charge in [0.25, 0.3) is 0 Å². The van der Waals surface area contributed by atoms with Gasteiger partial charge in [0.05, 0.1) is 15.8 Å². The Labute approximate surface area is 262 Å². The molecule has 0 bridgehead atoms. The molecule has 0 spiro atoms. The number of benzene rings is 6. The molecule has 0 aliphatic rings. The van der Waals surface area contributed by atoms with Crippen LogP contribution in [0.2, 0.25) is 0 Å². The van der Waals surface area contributed by atoms with Crippen molar-refractivity contribution in [3.63, 3.8) is 0 Å². The van der Waals surface area contributed by atoms with Crippen LogP contribution in [0.5, 0.6) is 0 Å². The molecule has 6 aromatic carbocycles. The van der Waals surface area contributed by atoms with Crippen LogP contribution in [0, 0.1) is 0 Å². The third-order valence-electron chi connectivity index (χ3n) is 6.37. The molecule has 0 unspecified atom stereocenters. The minimum absolute atomic E-state index is 0.226. The van der Waals surface area contributed by atoms with E-state index in [1.165, 1.54) is 31.8 Å². The van der Waals surface area contributed by atoms with Gasteiger partial charge in [0.1, 0.15) is 31.8 Å². The zero-order valence-electron chi connectivity index (χ0n) is 22.4. The van der Waals surface area contributed by atoms with Crippen LogP contribution < -0.4 is 31.8 Å². The van der Waals surface area contributed by atoms with Gasteiger partial charge in [-0.05, 0) is 72.8 Å². The van der Waals surface area contributed by atoms with Crippen molar-refractivity contribution >= 4 is 67.1 Å². The molecule has 0 fully saturated rings. The number of hydrogen-bond donors (Lipinski definition) is 0. The van der Waals surface area contributed by atoms with Crippen LogP contribution in [0.1, 0.15) is 0 Å². The molecule has 0 amide bonds. The molecule has 207 valence electrons. The number of halogens is 2. The maximum absolute atomic E-state index is 4.83. The molecule has 6 aromatic rings. The van der Waals surface area contributed by atoms with E-state index < -0.39 is 15.8 Å². The van der Waals surface area contributed by atoms with E-state index in [2.05, 4.69) is 182 Å². The van der Waals surface area contributed by atoms with Gasteiger partial charge in [-0.2, -0.15) is 0 Å². The van der Waals surface area contributed by atoms with Crippen LogP contribution in [-0.2, 0) is 15.1 Å². The first-order chi connectivity index (χ1) is 20.3. The van der Waals surface area contributed by atoms with E-state index in [0.29, 0.717) is 0 Å². The van der Waals surface area contributed by atoms with Crippen LogP contribution in [0.3, 0.4) is 0 Å². The summed E-state index contributed by atoms with van der Waals surface area (Å²) in [5.74, 6) is 0. The van der Waals surface area contributed by atoms with E-state index in [0.717, 1.165) is 0 Å². The number of rotatable bonds is 6. The van der Waals surface area contributed by atoms with Gasteiger partial charge in [-0.1, -0.05) is 109 Å². The monoisotopic (exact) mass is 699 g/mol. The third kappa shape index (κ3) is 9.72. The van der Waals surface area contributed by atoms with E-state index >= 15 is 0 Å². The Kier molecular flexibility index (Phi) is 13.8. The molecule has 0 atom stereocenters. The Balaban J connectivity index is 0.000000173. The first kappa shape index (κ1) is 31.3. The minimum atomic E-state index is -0.877. The van der Waals surface area contributed by atoms with Crippen molar-refractivity contribution in [2.45, 2.75) is 0 Å². The van der Waals surface area contributed by atoms with Crippen molar-refractivity contribution < 1.29 is 15.1 Å². The Morgan fingerprint density at radius 3 is 0.512 bits per heavy atom. The van der Waals surface area contributed by atoms with Gasteiger partial charge < -0.3 is 0 Å². The zero-order valence-corrected chi connectivity index (χ0v) is 27.6. The van der Waals surface area contributed by atoms with Crippen molar-refractivity contribution in [3.8, 4) is 0 Å². The molecule has 0 aliphatic heterocycles. The van der Waals surface area contributed by atoms with Crippen molar-refractivity contribution in [3.05, 3.63) is 182 Å². The second-order valence-electron chi connectivity index (χ2n) is 8.99. The Morgan fingerprint density at radius 2 is 0.390 bits per heavy atom. The Hall–Kier alpha value is -2.62. The van der Waals surface area contributed by atoms with Crippen LogP contribution in [0.15, 0.2) is 182 Å². The van der Waals surface area contributed by atoms with Gasteiger partial charge in [0.2, 0.25) is 0 Å². The molecular formula is C36H32Cl2P2Rh+2. The zero-order chi connectivity index (χ0) is 28.5. The van der Waals surface area contributed by atoms with Gasteiger partial charge in [-0.25, -0.2) is 0 Å². The SMILES string of the molecule is [Cl][Rh][Cl].c1ccc([PH+](c2ccccc2)c2ccccc2)cc1.c1ccc([PH+](c2ccccc2)c2ccccc2)cc1.